The summed E-state index contributed by atoms with van der Waals surface area (Å²) < 4.78 is 6.19. The van der Waals surface area contributed by atoms with Gasteiger partial charge in [-0.2, -0.15) is 0 Å². The van der Waals surface area contributed by atoms with E-state index in [1.807, 2.05) is 0 Å². The number of hydrogen-bond donors (Lipinski definition) is 2. The van der Waals surface area contributed by atoms with E-state index in [1.165, 1.54) is 50.5 Å². The maximum Gasteiger partial charge on any atom is 0.309 e. The Kier molecular flexibility index (Phi) is 8.37. The molecule has 0 aromatic carbocycles. The van der Waals surface area contributed by atoms with Crippen molar-refractivity contribution in [3.05, 3.63) is 12.2 Å². The Hall–Kier alpha value is -1.89. The van der Waals surface area contributed by atoms with Gasteiger partial charge in [-0.15, -0.1) is 0 Å². The zero-order valence-electron chi connectivity index (χ0n) is 32.0. The number of hydrogen-bond acceptors (Lipinski definition) is 5. The summed E-state index contributed by atoms with van der Waals surface area (Å²) in [4.78, 5) is 41.2. The molecule has 2 unspecified atom stereocenters. The Morgan fingerprint density at radius 1 is 0.918 bits per heavy atom. The lowest BCUT2D eigenvalue weighted by Crippen LogP contribution is -2.67. The normalized spacial score (nSPS) is 46.7. The maximum absolute atomic E-state index is 14.1. The van der Waals surface area contributed by atoms with Gasteiger partial charge in [-0.25, -0.2) is 0 Å². The Labute approximate surface area is 296 Å². The first-order chi connectivity index (χ1) is 22.8. The molecule has 7 fully saturated rings. The molecular weight excluding hydrogens is 612 g/mol. The van der Waals surface area contributed by atoms with Gasteiger partial charge in [-0.3, -0.25) is 14.4 Å². The van der Waals surface area contributed by atoms with Crippen molar-refractivity contribution in [2.75, 3.05) is 13.1 Å². The van der Waals surface area contributed by atoms with Crippen LogP contribution in [-0.2, 0) is 19.1 Å². The molecule has 7 rings (SSSR count). The fourth-order valence-corrected chi connectivity index (χ4v) is 14.7. The van der Waals surface area contributed by atoms with E-state index in [-0.39, 0.29) is 45.6 Å². The SMILES string of the molecule is C=C(C)[C@@H]1CC[C@]2(CC(=O)N3CC4CC3CN4)CC[C@]3(C)[C@H](CC[C@@H]4[C@@]5(C)CC[C@H](OC(=O)CC(C)(C)C(=O)O)C(C)(C)[C@@H]5CC[C@]43C)[C@@H]12. The molecule has 49 heavy (non-hydrogen) atoms. The molecule has 5 aliphatic carbocycles. The predicted molar refractivity (Wildman–Crippen MR) is 191 cm³/mol. The van der Waals surface area contributed by atoms with Gasteiger partial charge in [-0.05, 0) is 143 Å². The first kappa shape index (κ1) is 35.5. The highest BCUT2D eigenvalue weighted by atomic mass is 16.5. The van der Waals surface area contributed by atoms with Crippen LogP contribution in [0.4, 0.5) is 0 Å². The minimum absolute atomic E-state index is 0.101. The number of amides is 1. The number of carbonyl (C=O) groups is 3. The van der Waals surface area contributed by atoms with Crippen LogP contribution in [0.5, 0.6) is 0 Å². The fourth-order valence-electron chi connectivity index (χ4n) is 14.7. The van der Waals surface area contributed by atoms with E-state index < -0.39 is 11.4 Å². The van der Waals surface area contributed by atoms with Gasteiger partial charge < -0.3 is 20.1 Å². The fraction of sp³-hybridized carbons (Fsp3) is 0.881. The molecule has 2 saturated heterocycles. The molecule has 2 bridgehead atoms. The van der Waals surface area contributed by atoms with Crippen molar-refractivity contribution in [2.24, 2.45) is 62.1 Å². The highest BCUT2D eigenvalue weighted by molar-refractivity contribution is 5.81. The number of nitrogens with zero attached hydrogens (tertiary/aromatic N) is 1. The molecule has 7 aliphatic rings. The molecule has 0 aromatic heterocycles. The van der Waals surface area contributed by atoms with Gasteiger partial charge in [0.2, 0.25) is 5.91 Å². The van der Waals surface area contributed by atoms with Crippen molar-refractivity contribution in [3.8, 4) is 0 Å². The number of esters is 1. The summed E-state index contributed by atoms with van der Waals surface area (Å²) in [6.07, 6.45) is 13.0. The van der Waals surface area contributed by atoms with E-state index in [2.05, 4.69) is 58.3 Å². The van der Waals surface area contributed by atoms with Crippen LogP contribution >= 0.6 is 0 Å². The molecule has 0 aromatic rings. The number of rotatable bonds is 7. The number of piperazine rings is 1. The average molecular weight is 679 g/mol. The summed E-state index contributed by atoms with van der Waals surface area (Å²) >= 11 is 0. The number of carbonyl (C=O) groups excluding carboxylic acids is 2. The van der Waals surface area contributed by atoms with Gasteiger partial charge in [0.05, 0.1) is 11.8 Å². The largest absolute Gasteiger partial charge is 0.481 e. The van der Waals surface area contributed by atoms with Crippen molar-refractivity contribution in [1.29, 1.82) is 0 Å². The van der Waals surface area contributed by atoms with Gasteiger partial charge >= 0.3 is 11.9 Å². The Bertz CT molecular complexity index is 1400. The molecule has 5 saturated carbocycles. The van der Waals surface area contributed by atoms with Crippen molar-refractivity contribution >= 4 is 17.8 Å². The minimum atomic E-state index is -1.14. The molecule has 7 heteroatoms. The molecule has 12 atom stereocenters. The third-order valence-electron chi connectivity index (χ3n) is 17.5. The summed E-state index contributed by atoms with van der Waals surface area (Å²) in [5, 5.41) is 13.2. The monoisotopic (exact) mass is 678 g/mol. The summed E-state index contributed by atoms with van der Waals surface area (Å²) in [6, 6.07) is 0.885. The van der Waals surface area contributed by atoms with E-state index in [0.717, 1.165) is 45.2 Å². The Balaban J connectivity index is 1.13. The molecule has 274 valence electrons. The highest BCUT2D eigenvalue weighted by Gasteiger charge is 2.71. The van der Waals surface area contributed by atoms with Crippen LogP contribution in [-0.4, -0.2) is 59.1 Å². The lowest BCUT2D eigenvalue weighted by Gasteiger charge is -2.73. The number of allylic oxidation sites excluding steroid dienone is 1. The van der Waals surface area contributed by atoms with Crippen LogP contribution in [0.25, 0.3) is 0 Å². The quantitative estimate of drug-likeness (QED) is 0.209. The molecule has 1 amide bonds. The van der Waals surface area contributed by atoms with Crippen LogP contribution in [0.1, 0.15) is 139 Å². The lowest BCUT2D eigenvalue weighted by atomic mass is 9.32. The van der Waals surface area contributed by atoms with E-state index in [1.54, 1.807) is 13.8 Å². The number of carboxylic acids is 1. The summed E-state index contributed by atoms with van der Waals surface area (Å²) in [5.74, 6) is 1.77. The van der Waals surface area contributed by atoms with Gasteiger partial charge in [0.15, 0.2) is 0 Å². The second-order valence-electron chi connectivity index (χ2n) is 20.5. The van der Waals surface area contributed by atoms with Crippen molar-refractivity contribution in [1.82, 2.24) is 10.2 Å². The Morgan fingerprint density at radius 2 is 1.65 bits per heavy atom. The summed E-state index contributed by atoms with van der Waals surface area (Å²) in [6.45, 7) is 24.4. The second-order valence-corrected chi connectivity index (χ2v) is 20.5. The van der Waals surface area contributed by atoms with Crippen molar-refractivity contribution in [3.63, 3.8) is 0 Å². The van der Waals surface area contributed by atoms with Gasteiger partial charge in [0, 0.05) is 37.0 Å². The number of fused-ring (bicyclic) bond motifs is 9. The van der Waals surface area contributed by atoms with Crippen LogP contribution < -0.4 is 5.32 Å². The van der Waals surface area contributed by atoms with E-state index in [4.69, 9.17) is 4.74 Å². The molecule has 2 aliphatic heterocycles. The first-order valence-corrected chi connectivity index (χ1v) is 19.9. The van der Waals surface area contributed by atoms with Crippen molar-refractivity contribution in [2.45, 2.75) is 157 Å². The molecular formula is C42H66N2O5. The smallest absolute Gasteiger partial charge is 0.309 e. The first-order valence-electron chi connectivity index (χ1n) is 19.9. The van der Waals surface area contributed by atoms with Gasteiger partial charge in [0.1, 0.15) is 6.10 Å². The molecule has 0 radical (unpaired) electrons. The maximum atomic E-state index is 14.1. The van der Waals surface area contributed by atoms with E-state index >= 15 is 0 Å². The highest BCUT2D eigenvalue weighted by Crippen LogP contribution is 2.78. The second kappa shape index (κ2) is 11.6. The van der Waals surface area contributed by atoms with E-state index in [9.17, 15) is 19.5 Å². The molecule has 7 nitrogen and oxygen atoms in total. The topological polar surface area (TPSA) is 95.9 Å². The van der Waals surface area contributed by atoms with E-state index in [0.29, 0.717) is 47.6 Å². The number of aliphatic carboxylic acids is 1. The summed E-state index contributed by atoms with van der Waals surface area (Å²) in [7, 11) is 0. The van der Waals surface area contributed by atoms with Crippen LogP contribution in [0.15, 0.2) is 12.2 Å². The van der Waals surface area contributed by atoms with Crippen LogP contribution in [0.3, 0.4) is 0 Å². The standard InChI is InChI=1S/C42H66N2O5/c1-25(2)28-12-17-42(21-33(45)44-24-26-20-27(44)23-43-26)19-18-40(8)29(35(28)42)10-11-31-39(7)15-14-32(49-34(46)22-37(3,4)36(47)48)38(5,6)30(39)13-16-41(31,40)9/h26-32,35,43H,1,10-24H2,2-9H3,(H,47,48)/t26?,27?,28-,29+,30-,31+,32-,35+,39-,40+,41+,42+/m0/s1. The van der Waals surface area contributed by atoms with Crippen LogP contribution in [0.2, 0.25) is 0 Å². The molecule has 2 N–H and O–H groups in total. The van der Waals surface area contributed by atoms with Crippen LogP contribution in [0, 0.1) is 62.1 Å². The van der Waals surface area contributed by atoms with Gasteiger partial charge in [-0.1, -0.05) is 46.8 Å². The Morgan fingerprint density at radius 3 is 2.29 bits per heavy atom. The molecule has 0 spiro atoms. The number of carboxylic acid groups (broad SMARTS) is 1. The number of nitrogens with one attached hydrogen (secondary N) is 1. The predicted octanol–water partition coefficient (Wildman–Crippen LogP) is 8.02. The zero-order valence-corrected chi connectivity index (χ0v) is 32.0. The summed E-state index contributed by atoms with van der Waals surface area (Å²) in [5.41, 5.74) is 0.698. The third-order valence-corrected chi connectivity index (χ3v) is 17.5. The number of ether oxygens (including phenoxy) is 1. The average Bonchev–Trinajstić information content (AvgIpc) is 3.74. The third kappa shape index (κ3) is 5.14. The number of likely N-dealkylation sites (tertiary alicyclic amines) is 1. The lowest BCUT2D eigenvalue weighted by molar-refractivity contribution is -0.250. The minimum Gasteiger partial charge on any atom is -0.481 e. The van der Waals surface area contributed by atoms with Crippen molar-refractivity contribution < 1.29 is 24.2 Å². The zero-order chi connectivity index (χ0) is 35.5. The van der Waals surface area contributed by atoms with Gasteiger partial charge in [0.25, 0.3) is 0 Å². The molecule has 2 heterocycles.